The summed E-state index contributed by atoms with van der Waals surface area (Å²) < 4.78 is 4.83. The number of carbonyl (C=O) groups is 2. The Morgan fingerprint density at radius 3 is 1.48 bits per heavy atom. The molecule has 0 radical (unpaired) electrons. The summed E-state index contributed by atoms with van der Waals surface area (Å²) >= 11 is 0. The van der Waals surface area contributed by atoms with Crippen LogP contribution in [-0.2, 0) is 17.6 Å². The second-order valence-electron chi connectivity index (χ2n) is 5.29. The number of hydrogen-bond acceptors (Lipinski definition) is 3. The third-order valence-corrected chi connectivity index (χ3v) is 3.46. The first-order valence-electron chi connectivity index (χ1n) is 8.20. The van der Waals surface area contributed by atoms with Crippen molar-refractivity contribution in [2.45, 2.75) is 26.7 Å². The highest BCUT2D eigenvalue weighted by Crippen LogP contribution is 2.11. The normalized spacial score (nSPS) is 9.84. The van der Waals surface area contributed by atoms with Crippen LogP contribution in [0.2, 0.25) is 0 Å². The smallest absolute Gasteiger partial charge is 0.335 e. The minimum Gasteiger partial charge on any atom is -0.478 e. The molecule has 0 fully saturated rings. The monoisotopic (exact) mass is 344 g/mol. The van der Waals surface area contributed by atoms with Gasteiger partial charge in [-0.1, -0.05) is 24.3 Å². The topological polar surface area (TPSA) is 83.8 Å². The van der Waals surface area contributed by atoms with Gasteiger partial charge < -0.3 is 14.9 Å². The quantitative estimate of drug-likeness (QED) is 0.795. The lowest BCUT2D eigenvalue weighted by Crippen LogP contribution is -2.00. The van der Waals surface area contributed by atoms with E-state index >= 15 is 0 Å². The maximum atomic E-state index is 10.9. The fraction of sp³-hybridized carbons (Fsp3) is 0.300. The van der Waals surface area contributed by atoms with Crippen LogP contribution in [-0.4, -0.2) is 35.4 Å². The highest BCUT2D eigenvalue weighted by atomic mass is 16.5. The molecule has 0 aliphatic rings. The van der Waals surface area contributed by atoms with Crippen molar-refractivity contribution in [1.29, 1.82) is 0 Å². The van der Waals surface area contributed by atoms with E-state index in [1.807, 2.05) is 26.0 Å². The molecule has 25 heavy (non-hydrogen) atoms. The Morgan fingerprint density at radius 1 is 0.800 bits per heavy atom. The third-order valence-electron chi connectivity index (χ3n) is 3.46. The van der Waals surface area contributed by atoms with E-state index in [-0.39, 0.29) is 11.1 Å². The number of ether oxygens (including phenoxy) is 1. The number of hydrogen-bond donors (Lipinski definition) is 2. The standard InChI is InChI=1S/C16H14O4.C4H10O/c17-15(18)13-5-1-3-11(9-13)7-8-12-4-2-6-14(10-12)16(19)20;1-3-5-4-2/h1-6,9-10H,7-8H2,(H,17,18)(H,19,20);3-4H2,1-2H3. The summed E-state index contributed by atoms with van der Waals surface area (Å²) in [6, 6.07) is 13.6. The molecule has 0 aliphatic heterocycles. The molecule has 2 aromatic carbocycles. The van der Waals surface area contributed by atoms with Crippen molar-refractivity contribution in [2.75, 3.05) is 13.2 Å². The van der Waals surface area contributed by atoms with Crippen LogP contribution >= 0.6 is 0 Å². The molecule has 0 spiro atoms. The number of rotatable bonds is 7. The van der Waals surface area contributed by atoms with Crippen molar-refractivity contribution in [1.82, 2.24) is 0 Å². The fourth-order valence-corrected chi connectivity index (χ4v) is 2.21. The Kier molecular flexibility index (Phi) is 8.96. The van der Waals surface area contributed by atoms with Gasteiger partial charge >= 0.3 is 11.9 Å². The minimum atomic E-state index is -0.945. The largest absolute Gasteiger partial charge is 0.478 e. The summed E-state index contributed by atoms with van der Waals surface area (Å²) in [6.45, 7) is 5.67. The Bertz CT molecular complexity index is 634. The van der Waals surface area contributed by atoms with Gasteiger partial charge in [0.05, 0.1) is 11.1 Å². The molecule has 2 N–H and O–H groups in total. The molecule has 0 unspecified atom stereocenters. The van der Waals surface area contributed by atoms with Crippen LogP contribution in [0.4, 0.5) is 0 Å². The maximum Gasteiger partial charge on any atom is 0.335 e. The van der Waals surface area contributed by atoms with Gasteiger partial charge in [-0.15, -0.1) is 0 Å². The highest BCUT2D eigenvalue weighted by Gasteiger charge is 2.05. The van der Waals surface area contributed by atoms with Crippen LogP contribution in [0.5, 0.6) is 0 Å². The van der Waals surface area contributed by atoms with Gasteiger partial charge in [0.2, 0.25) is 0 Å². The van der Waals surface area contributed by atoms with Gasteiger partial charge in [0.1, 0.15) is 0 Å². The molecule has 0 bridgehead atoms. The summed E-state index contributed by atoms with van der Waals surface area (Å²) in [4.78, 5) is 21.8. The molecule has 0 amide bonds. The van der Waals surface area contributed by atoms with Crippen LogP contribution in [0, 0.1) is 0 Å². The molecular weight excluding hydrogens is 320 g/mol. The zero-order chi connectivity index (χ0) is 18.7. The first-order valence-corrected chi connectivity index (χ1v) is 8.20. The van der Waals surface area contributed by atoms with E-state index in [0.29, 0.717) is 12.8 Å². The van der Waals surface area contributed by atoms with Crippen molar-refractivity contribution < 1.29 is 24.5 Å². The molecule has 2 aromatic rings. The van der Waals surface area contributed by atoms with Crippen LogP contribution < -0.4 is 0 Å². The zero-order valence-corrected chi connectivity index (χ0v) is 14.6. The van der Waals surface area contributed by atoms with E-state index in [0.717, 1.165) is 24.3 Å². The van der Waals surface area contributed by atoms with Gasteiger partial charge in [-0.25, -0.2) is 9.59 Å². The predicted molar refractivity (Wildman–Crippen MR) is 96.4 cm³/mol. The number of carboxylic acids is 2. The van der Waals surface area contributed by atoms with E-state index < -0.39 is 11.9 Å². The summed E-state index contributed by atoms with van der Waals surface area (Å²) in [5.41, 5.74) is 2.37. The van der Waals surface area contributed by atoms with Crippen molar-refractivity contribution in [2.24, 2.45) is 0 Å². The molecule has 0 saturated carbocycles. The van der Waals surface area contributed by atoms with Gasteiger partial charge in [-0.2, -0.15) is 0 Å². The van der Waals surface area contributed by atoms with Crippen LogP contribution in [0.1, 0.15) is 45.7 Å². The number of aromatic carboxylic acids is 2. The van der Waals surface area contributed by atoms with Gasteiger partial charge in [0.25, 0.3) is 0 Å². The molecule has 5 nitrogen and oxygen atoms in total. The predicted octanol–water partition coefficient (Wildman–Crippen LogP) is 3.91. The first kappa shape index (κ1) is 20.4. The molecular formula is C20H24O5. The van der Waals surface area contributed by atoms with E-state index in [9.17, 15) is 9.59 Å². The van der Waals surface area contributed by atoms with Crippen molar-refractivity contribution in [3.05, 3.63) is 70.8 Å². The van der Waals surface area contributed by atoms with E-state index in [1.165, 1.54) is 0 Å². The average Bonchev–Trinajstić information content (AvgIpc) is 2.61. The zero-order valence-electron chi connectivity index (χ0n) is 14.6. The lowest BCUT2D eigenvalue weighted by molar-refractivity contribution is 0.0686. The number of aryl methyl sites for hydroxylation is 2. The van der Waals surface area contributed by atoms with Crippen molar-refractivity contribution in [3.63, 3.8) is 0 Å². The van der Waals surface area contributed by atoms with E-state index in [1.54, 1.807) is 36.4 Å². The van der Waals surface area contributed by atoms with Gasteiger partial charge in [0.15, 0.2) is 0 Å². The van der Waals surface area contributed by atoms with Gasteiger partial charge in [-0.05, 0) is 62.1 Å². The number of benzene rings is 2. The summed E-state index contributed by atoms with van der Waals surface area (Å²) in [6.07, 6.45) is 1.34. The van der Waals surface area contributed by atoms with E-state index in [2.05, 4.69) is 0 Å². The lowest BCUT2D eigenvalue weighted by Gasteiger charge is -2.04. The fourth-order valence-electron chi connectivity index (χ4n) is 2.21. The Labute approximate surface area is 147 Å². The molecule has 2 rings (SSSR count). The maximum absolute atomic E-state index is 10.9. The summed E-state index contributed by atoms with van der Waals surface area (Å²) in [7, 11) is 0. The lowest BCUT2D eigenvalue weighted by atomic mass is 10.0. The van der Waals surface area contributed by atoms with Crippen molar-refractivity contribution in [3.8, 4) is 0 Å². The summed E-state index contributed by atoms with van der Waals surface area (Å²) in [5.74, 6) is -1.89. The number of carboxylic acid groups (broad SMARTS) is 2. The van der Waals surface area contributed by atoms with Gasteiger partial charge in [-0.3, -0.25) is 0 Å². The first-order chi connectivity index (χ1) is 12.0. The molecule has 134 valence electrons. The SMILES string of the molecule is CCOCC.O=C(O)c1cccc(CCc2cccc(C(=O)O)c2)c1. The van der Waals surface area contributed by atoms with Crippen LogP contribution in [0.3, 0.4) is 0 Å². The van der Waals surface area contributed by atoms with Crippen LogP contribution in [0.25, 0.3) is 0 Å². The van der Waals surface area contributed by atoms with Crippen molar-refractivity contribution >= 4 is 11.9 Å². The Morgan fingerprint density at radius 2 is 1.20 bits per heavy atom. The second kappa shape index (κ2) is 11.0. The minimum absolute atomic E-state index is 0.266. The second-order valence-corrected chi connectivity index (χ2v) is 5.29. The summed E-state index contributed by atoms with van der Waals surface area (Å²) in [5, 5.41) is 17.9. The molecule has 0 heterocycles. The average molecular weight is 344 g/mol. The van der Waals surface area contributed by atoms with Gasteiger partial charge in [0, 0.05) is 13.2 Å². The third kappa shape index (κ3) is 7.63. The molecule has 0 aliphatic carbocycles. The molecule has 0 aromatic heterocycles. The molecule has 0 saturated heterocycles. The highest BCUT2D eigenvalue weighted by molar-refractivity contribution is 5.88. The Hall–Kier alpha value is -2.66. The Balaban J connectivity index is 0.000000550. The molecule has 0 atom stereocenters. The van der Waals surface area contributed by atoms with E-state index in [4.69, 9.17) is 14.9 Å². The van der Waals surface area contributed by atoms with Crippen LogP contribution in [0.15, 0.2) is 48.5 Å². The molecule has 5 heteroatoms.